The van der Waals surface area contributed by atoms with Gasteiger partial charge in [0.2, 0.25) is 0 Å². The Kier molecular flexibility index (Phi) is 4.37. The van der Waals surface area contributed by atoms with E-state index >= 15 is 0 Å². The molecule has 0 aromatic carbocycles. The first kappa shape index (κ1) is 13.8. The summed E-state index contributed by atoms with van der Waals surface area (Å²) < 4.78 is 0. The van der Waals surface area contributed by atoms with Crippen LogP contribution in [0, 0.1) is 5.92 Å². The average Bonchev–Trinajstić information content (AvgIpc) is 2.46. The number of carbonyl (C=O) groups is 1. The molecule has 1 aliphatic rings. The van der Waals surface area contributed by atoms with E-state index in [1.54, 1.807) is 25.2 Å². The van der Waals surface area contributed by atoms with Crippen molar-refractivity contribution in [2.75, 3.05) is 38.7 Å². The second kappa shape index (κ2) is 6.02. The van der Waals surface area contributed by atoms with Crippen LogP contribution in [0.1, 0.15) is 23.2 Å². The van der Waals surface area contributed by atoms with Crippen LogP contribution >= 0.6 is 0 Å². The molecule has 1 fully saturated rings. The molecular weight excluding hydrogens is 242 g/mol. The molecule has 0 spiro atoms. The van der Waals surface area contributed by atoms with Gasteiger partial charge in [-0.15, -0.1) is 0 Å². The Labute approximate surface area is 113 Å². The third-order valence-electron chi connectivity index (χ3n) is 3.50. The Bertz CT molecular complexity index is 431. The van der Waals surface area contributed by atoms with Crippen LogP contribution in [0.25, 0.3) is 0 Å². The van der Waals surface area contributed by atoms with Gasteiger partial charge < -0.3 is 14.9 Å². The molecule has 1 aliphatic heterocycles. The van der Waals surface area contributed by atoms with E-state index in [1.807, 2.05) is 12.1 Å². The molecule has 1 unspecified atom stereocenters. The van der Waals surface area contributed by atoms with Crippen molar-refractivity contribution in [3.05, 3.63) is 23.9 Å². The van der Waals surface area contributed by atoms with Crippen molar-refractivity contribution in [1.82, 2.24) is 9.88 Å². The Hall–Kier alpha value is -1.62. The fourth-order valence-electron chi connectivity index (χ4n) is 2.38. The van der Waals surface area contributed by atoms with Crippen LogP contribution in [0.3, 0.4) is 0 Å². The lowest BCUT2D eigenvalue weighted by Crippen LogP contribution is -2.37. The van der Waals surface area contributed by atoms with Crippen molar-refractivity contribution < 1.29 is 9.90 Å². The number of aliphatic hydroxyl groups excluding tert-OH is 1. The second-order valence-corrected chi connectivity index (χ2v) is 5.24. The summed E-state index contributed by atoms with van der Waals surface area (Å²) >= 11 is 0. The summed E-state index contributed by atoms with van der Waals surface area (Å²) in [5.41, 5.74) is 0.601. The molecule has 1 atom stereocenters. The van der Waals surface area contributed by atoms with Crippen molar-refractivity contribution in [1.29, 1.82) is 0 Å². The summed E-state index contributed by atoms with van der Waals surface area (Å²) in [6, 6.07) is 3.70. The summed E-state index contributed by atoms with van der Waals surface area (Å²) in [7, 11) is 3.46. The quantitative estimate of drug-likeness (QED) is 0.883. The van der Waals surface area contributed by atoms with Gasteiger partial charge in [0.25, 0.3) is 5.91 Å². The highest BCUT2D eigenvalue weighted by Crippen LogP contribution is 2.21. The van der Waals surface area contributed by atoms with E-state index in [9.17, 15) is 9.90 Å². The molecule has 1 amide bonds. The maximum atomic E-state index is 11.8. The number of rotatable bonds is 3. The first-order valence-electron chi connectivity index (χ1n) is 6.65. The standard InChI is InChI=1S/C14H21N3O2/c1-16(2)14(19)12-5-6-13(15-8-12)17-7-3-4-11(9-17)10-18/h5-6,8,11,18H,3-4,7,9-10H2,1-2H3. The molecule has 0 saturated carbocycles. The molecule has 1 saturated heterocycles. The van der Waals surface area contributed by atoms with Crippen LogP contribution in [0.15, 0.2) is 18.3 Å². The molecule has 104 valence electrons. The minimum absolute atomic E-state index is 0.0362. The zero-order chi connectivity index (χ0) is 13.8. The normalized spacial score (nSPS) is 19.3. The van der Waals surface area contributed by atoms with E-state index in [0.717, 1.165) is 31.7 Å². The number of piperidine rings is 1. The first-order chi connectivity index (χ1) is 9.11. The van der Waals surface area contributed by atoms with Gasteiger partial charge in [0.1, 0.15) is 5.82 Å². The molecule has 0 aliphatic carbocycles. The SMILES string of the molecule is CN(C)C(=O)c1ccc(N2CCCC(CO)C2)nc1. The number of pyridine rings is 1. The lowest BCUT2D eigenvalue weighted by molar-refractivity contribution is 0.0827. The number of hydrogen-bond acceptors (Lipinski definition) is 4. The van der Waals surface area contributed by atoms with Gasteiger partial charge in [0.15, 0.2) is 0 Å². The smallest absolute Gasteiger partial charge is 0.254 e. The molecule has 2 rings (SSSR count). The number of aliphatic hydroxyl groups is 1. The third kappa shape index (κ3) is 3.23. The fraction of sp³-hybridized carbons (Fsp3) is 0.571. The summed E-state index contributed by atoms with van der Waals surface area (Å²) in [5.74, 6) is 1.18. The highest BCUT2D eigenvalue weighted by atomic mass is 16.3. The van der Waals surface area contributed by atoms with Crippen LogP contribution in [-0.4, -0.2) is 54.7 Å². The van der Waals surface area contributed by atoms with Gasteiger partial charge in [0.05, 0.1) is 5.56 Å². The number of nitrogens with zero attached hydrogens (tertiary/aromatic N) is 3. The van der Waals surface area contributed by atoms with Crippen LogP contribution < -0.4 is 4.90 Å². The molecule has 5 heteroatoms. The van der Waals surface area contributed by atoms with Crippen LogP contribution in [0.4, 0.5) is 5.82 Å². The summed E-state index contributed by atoms with van der Waals surface area (Å²) in [6.45, 7) is 2.03. The predicted molar refractivity (Wildman–Crippen MR) is 74.3 cm³/mol. The van der Waals surface area contributed by atoms with Gasteiger partial charge in [-0.05, 0) is 30.9 Å². The van der Waals surface area contributed by atoms with Gasteiger partial charge in [-0.2, -0.15) is 0 Å². The second-order valence-electron chi connectivity index (χ2n) is 5.24. The monoisotopic (exact) mass is 263 g/mol. The topological polar surface area (TPSA) is 56.7 Å². The van der Waals surface area contributed by atoms with E-state index in [-0.39, 0.29) is 12.5 Å². The number of aromatic nitrogens is 1. The lowest BCUT2D eigenvalue weighted by atomic mass is 9.99. The van der Waals surface area contributed by atoms with Gasteiger partial charge in [-0.3, -0.25) is 4.79 Å². The molecule has 1 aromatic heterocycles. The zero-order valence-electron chi connectivity index (χ0n) is 11.5. The number of amides is 1. The maximum absolute atomic E-state index is 11.8. The minimum Gasteiger partial charge on any atom is -0.396 e. The summed E-state index contributed by atoms with van der Waals surface area (Å²) in [5, 5.41) is 9.24. The molecule has 1 aromatic rings. The molecule has 5 nitrogen and oxygen atoms in total. The van der Waals surface area contributed by atoms with E-state index < -0.39 is 0 Å². The van der Waals surface area contributed by atoms with Crippen molar-refractivity contribution in [2.24, 2.45) is 5.92 Å². The third-order valence-corrected chi connectivity index (χ3v) is 3.50. The highest BCUT2D eigenvalue weighted by molar-refractivity contribution is 5.93. The van der Waals surface area contributed by atoms with E-state index in [1.165, 1.54) is 0 Å². The Morgan fingerprint density at radius 1 is 1.53 bits per heavy atom. The van der Waals surface area contributed by atoms with E-state index in [2.05, 4.69) is 9.88 Å². The number of anilines is 1. The fourth-order valence-corrected chi connectivity index (χ4v) is 2.38. The Morgan fingerprint density at radius 3 is 2.89 bits per heavy atom. The van der Waals surface area contributed by atoms with Crippen molar-refractivity contribution in [2.45, 2.75) is 12.8 Å². The van der Waals surface area contributed by atoms with Crippen molar-refractivity contribution in [3.8, 4) is 0 Å². The number of carbonyl (C=O) groups excluding carboxylic acids is 1. The molecule has 0 bridgehead atoms. The average molecular weight is 263 g/mol. The van der Waals surface area contributed by atoms with Gasteiger partial charge in [0, 0.05) is 40.0 Å². The largest absolute Gasteiger partial charge is 0.396 e. The van der Waals surface area contributed by atoms with Crippen molar-refractivity contribution in [3.63, 3.8) is 0 Å². The zero-order valence-corrected chi connectivity index (χ0v) is 11.5. The molecule has 0 radical (unpaired) electrons. The first-order valence-corrected chi connectivity index (χ1v) is 6.65. The lowest BCUT2D eigenvalue weighted by Gasteiger charge is -2.32. The van der Waals surface area contributed by atoms with Crippen LogP contribution in [0.5, 0.6) is 0 Å². The van der Waals surface area contributed by atoms with Gasteiger partial charge >= 0.3 is 0 Å². The molecule has 2 heterocycles. The minimum atomic E-state index is -0.0362. The van der Waals surface area contributed by atoms with Gasteiger partial charge in [-0.25, -0.2) is 4.98 Å². The number of hydrogen-bond donors (Lipinski definition) is 1. The van der Waals surface area contributed by atoms with E-state index in [0.29, 0.717) is 11.5 Å². The van der Waals surface area contributed by atoms with Crippen LogP contribution in [0.2, 0.25) is 0 Å². The van der Waals surface area contributed by atoms with Crippen LogP contribution in [-0.2, 0) is 0 Å². The maximum Gasteiger partial charge on any atom is 0.254 e. The van der Waals surface area contributed by atoms with Gasteiger partial charge in [-0.1, -0.05) is 0 Å². The summed E-state index contributed by atoms with van der Waals surface area (Å²) in [6.07, 6.45) is 3.77. The Morgan fingerprint density at radius 2 is 2.32 bits per heavy atom. The van der Waals surface area contributed by atoms with E-state index in [4.69, 9.17) is 0 Å². The summed E-state index contributed by atoms with van der Waals surface area (Å²) in [4.78, 5) is 19.9. The predicted octanol–water partition coefficient (Wildman–Crippen LogP) is 0.992. The molecule has 1 N–H and O–H groups in total. The highest BCUT2D eigenvalue weighted by Gasteiger charge is 2.20. The Balaban J connectivity index is 2.07. The molecule has 19 heavy (non-hydrogen) atoms. The molecular formula is C14H21N3O2. The van der Waals surface area contributed by atoms with Crippen molar-refractivity contribution >= 4 is 11.7 Å².